The first-order valence-corrected chi connectivity index (χ1v) is 7.95. The number of hydrogen-bond acceptors (Lipinski definition) is 2. The van der Waals surface area contributed by atoms with Gasteiger partial charge in [-0.25, -0.2) is 0 Å². The Kier molecular flexibility index (Phi) is 5.62. The van der Waals surface area contributed by atoms with Crippen molar-refractivity contribution in [1.82, 2.24) is 10.2 Å². The molecule has 114 valence electrons. The Morgan fingerprint density at radius 2 is 2.00 bits per heavy atom. The monoisotopic (exact) mass is 303 g/mol. The quantitative estimate of drug-likeness (QED) is 0.665. The van der Waals surface area contributed by atoms with Crippen LogP contribution < -0.4 is 10.2 Å². The van der Waals surface area contributed by atoms with Gasteiger partial charge >= 0.3 is 0 Å². The summed E-state index contributed by atoms with van der Waals surface area (Å²) < 4.78 is 0. The van der Waals surface area contributed by atoms with Gasteiger partial charge in [0, 0.05) is 38.9 Å². The van der Waals surface area contributed by atoms with Crippen molar-refractivity contribution in [2.24, 2.45) is 0 Å². The first kappa shape index (κ1) is 15.8. The van der Waals surface area contributed by atoms with E-state index in [2.05, 4.69) is 46.0 Å². The topological polar surface area (TPSA) is 18.5 Å². The second-order valence-electron chi connectivity index (χ2n) is 5.79. The van der Waals surface area contributed by atoms with Crippen LogP contribution in [0.4, 0.5) is 5.69 Å². The summed E-state index contributed by atoms with van der Waals surface area (Å²) in [6, 6.07) is 8.65. The summed E-state index contributed by atoms with van der Waals surface area (Å²) >= 11 is 5.43. The SMILES string of the molecule is C=C(C)CNC(=S)N(C)Cc1ccccc1N1CCCC1. The summed E-state index contributed by atoms with van der Waals surface area (Å²) in [5.41, 5.74) is 3.77. The smallest absolute Gasteiger partial charge is 0.169 e. The molecule has 0 radical (unpaired) electrons. The lowest BCUT2D eigenvalue weighted by Gasteiger charge is -2.26. The van der Waals surface area contributed by atoms with Crippen LogP contribution in [0.15, 0.2) is 36.4 Å². The van der Waals surface area contributed by atoms with Crippen molar-refractivity contribution in [2.45, 2.75) is 26.3 Å². The third-order valence-electron chi connectivity index (χ3n) is 3.73. The molecular weight excluding hydrogens is 278 g/mol. The minimum atomic E-state index is 0.733. The van der Waals surface area contributed by atoms with Gasteiger partial charge in [0.2, 0.25) is 0 Å². The number of anilines is 1. The average Bonchev–Trinajstić information content (AvgIpc) is 2.99. The maximum atomic E-state index is 5.43. The highest BCUT2D eigenvalue weighted by Crippen LogP contribution is 2.25. The van der Waals surface area contributed by atoms with E-state index < -0.39 is 0 Å². The van der Waals surface area contributed by atoms with E-state index in [1.807, 2.05) is 14.0 Å². The van der Waals surface area contributed by atoms with E-state index in [1.54, 1.807) is 0 Å². The van der Waals surface area contributed by atoms with Crippen molar-refractivity contribution < 1.29 is 0 Å². The molecule has 1 fully saturated rings. The molecule has 0 spiro atoms. The fraction of sp³-hybridized carbons (Fsp3) is 0.471. The fourth-order valence-corrected chi connectivity index (χ4v) is 2.74. The summed E-state index contributed by atoms with van der Waals surface area (Å²) in [7, 11) is 2.04. The zero-order chi connectivity index (χ0) is 15.2. The van der Waals surface area contributed by atoms with Crippen molar-refractivity contribution >= 4 is 23.0 Å². The zero-order valence-corrected chi connectivity index (χ0v) is 13.9. The first-order chi connectivity index (χ1) is 10.1. The minimum Gasteiger partial charge on any atom is -0.371 e. The number of nitrogens with one attached hydrogen (secondary N) is 1. The molecule has 0 amide bonds. The maximum absolute atomic E-state index is 5.43. The van der Waals surface area contributed by atoms with Crippen LogP contribution in [0.1, 0.15) is 25.3 Å². The van der Waals surface area contributed by atoms with Gasteiger partial charge in [-0.15, -0.1) is 0 Å². The van der Waals surface area contributed by atoms with Gasteiger partial charge in [-0.1, -0.05) is 30.4 Å². The molecule has 1 heterocycles. The van der Waals surface area contributed by atoms with Crippen LogP contribution in [0.3, 0.4) is 0 Å². The third kappa shape index (κ3) is 4.46. The summed E-state index contributed by atoms with van der Waals surface area (Å²) in [5, 5.41) is 4.01. The van der Waals surface area contributed by atoms with E-state index in [1.165, 1.54) is 37.2 Å². The second-order valence-corrected chi connectivity index (χ2v) is 6.18. The Morgan fingerprint density at radius 3 is 2.67 bits per heavy atom. The fourth-order valence-electron chi connectivity index (χ4n) is 2.60. The Balaban J connectivity index is 2.01. The number of para-hydroxylation sites is 1. The summed E-state index contributed by atoms with van der Waals surface area (Å²) in [4.78, 5) is 4.57. The largest absolute Gasteiger partial charge is 0.371 e. The van der Waals surface area contributed by atoms with Crippen LogP contribution in [0.25, 0.3) is 0 Å². The molecule has 1 saturated heterocycles. The molecule has 1 aromatic carbocycles. The third-order valence-corrected chi connectivity index (χ3v) is 4.19. The lowest BCUT2D eigenvalue weighted by Crippen LogP contribution is -2.37. The van der Waals surface area contributed by atoms with Gasteiger partial charge in [-0.2, -0.15) is 0 Å². The molecule has 0 saturated carbocycles. The van der Waals surface area contributed by atoms with E-state index in [9.17, 15) is 0 Å². The van der Waals surface area contributed by atoms with Crippen LogP contribution in [0.2, 0.25) is 0 Å². The maximum Gasteiger partial charge on any atom is 0.169 e. The molecular formula is C17H25N3S. The van der Waals surface area contributed by atoms with Crippen LogP contribution >= 0.6 is 12.2 Å². The van der Waals surface area contributed by atoms with Crippen LogP contribution in [0.5, 0.6) is 0 Å². The van der Waals surface area contributed by atoms with Gasteiger partial charge in [-0.3, -0.25) is 0 Å². The number of benzene rings is 1. The molecule has 0 unspecified atom stereocenters. The predicted molar refractivity (Wildman–Crippen MR) is 94.8 cm³/mol. The van der Waals surface area contributed by atoms with Gasteiger partial charge in [-0.05, 0) is 43.6 Å². The van der Waals surface area contributed by atoms with E-state index >= 15 is 0 Å². The minimum absolute atomic E-state index is 0.733. The van der Waals surface area contributed by atoms with Crippen LogP contribution in [-0.2, 0) is 6.54 Å². The Morgan fingerprint density at radius 1 is 1.33 bits per heavy atom. The molecule has 3 nitrogen and oxygen atoms in total. The molecule has 1 N–H and O–H groups in total. The van der Waals surface area contributed by atoms with Gasteiger partial charge < -0.3 is 15.1 Å². The van der Waals surface area contributed by atoms with Gasteiger partial charge in [0.25, 0.3) is 0 Å². The lowest BCUT2D eigenvalue weighted by atomic mass is 10.1. The number of nitrogens with zero attached hydrogens (tertiary/aromatic N) is 2. The Bertz CT molecular complexity index is 507. The molecule has 0 aromatic heterocycles. The van der Waals surface area contributed by atoms with E-state index in [-0.39, 0.29) is 0 Å². The first-order valence-electron chi connectivity index (χ1n) is 7.54. The summed E-state index contributed by atoms with van der Waals surface area (Å²) in [6.45, 7) is 9.78. The molecule has 1 aliphatic heterocycles. The highest BCUT2D eigenvalue weighted by molar-refractivity contribution is 7.80. The van der Waals surface area contributed by atoms with Crippen molar-refractivity contribution in [3.05, 3.63) is 42.0 Å². The van der Waals surface area contributed by atoms with Crippen molar-refractivity contribution in [3.8, 4) is 0 Å². The predicted octanol–water partition coefficient (Wildman–Crippen LogP) is 3.17. The number of hydrogen-bond donors (Lipinski definition) is 1. The van der Waals surface area contributed by atoms with Gasteiger partial charge in [0.15, 0.2) is 5.11 Å². The molecule has 0 bridgehead atoms. The number of rotatable bonds is 5. The molecule has 2 rings (SSSR count). The average molecular weight is 303 g/mol. The molecule has 4 heteroatoms. The van der Waals surface area contributed by atoms with E-state index in [0.29, 0.717) is 0 Å². The molecule has 1 aliphatic rings. The van der Waals surface area contributed by atoms with Crippen LogP contribution in [0, 0.1) is 0 Å². The van der Waals surface area contributed by atoms with Crippen molar-refractivity contribution in [2.75, 3.05) is 31.6 Å². The Labute approximate surface area is 133 Å². The van der Waals surface area contributed by atoms with Gasteiger partial charge in [0.1, 0.15) is 0 Å². The van der Waals surface area contributed by atoms with Crippen molar-refractivity contribution in [3.63, 3.8) is 0 Å². The number of thiocarbonyl (C=S) groups is 1. The van der Waals surface area contributed by atoms with Crippen molar-refractivity contribution in [1.29, 1.82) is 0 Å². The summed E-state index contributed by atoms with van der Waals surface area (Å²) in [6.07, 6.45) is 2.59. The highest BCUT2D eigenvalue weighted by Gasteiger charge is 2.16. The Hall–Kier alpha value is -1.55. The van der Waals surface area contributed by atoms with Gasteiger partial charge in [0.05, 0.1) is 0 Å². The van der Waals surface area contributed by atoms with Crippen LogP contribution in [-0.4, -0.2) is 36.7 Å². The second kappa shape index (κ2) is 7.46. The molecule has 1 aromatic rings. The lowest BCUT2D eigenvalue weighted by molar-refractivity contribution is 0.491. The molecule has 0 atom stereocenters. The highest BCUT2D eigenvalue weighted by atomic mass is 32.1. The summed E-state index contributed by atoms with van der Waals surface area (Å²) in [5.74, 6) is 0. The van der Waals surface area contributed by atoms with E-state index in [4.69, 9.17) is 12.2 Å². The molecule has 0 aliphatic carbocycles. The zero-order valence-electron chi connectivity index (χ0n) is 13.1. The normalized spacial score (nSPS) is 14.1. The van der Waals surface area contributed by atoms with E-state index in [0.717, 1.165) is 23.8 Å². The molecule has 21 heavy (non-hydrogen) atoms. The standard InChI is InChI=1S/C17H25N3S/c1-14(2)12-18-17(21)19(3)13-15-8-4-5-9-16(15)20-10-6-7-11-20/h4-5,8-9H,1,6-7,10-13H2,2-3H3,(H,18,21).